The number of hydrogen-bond acceptors (Lipinski definition) is 3. The van der Waals surface area contributed by atoms with Gasteiger partial charge in [-0.2, -0.15) is 0 Å². The second-order valence-corrected chi connectivity index (χ2v) is 5.08. The normalized spacial score (nSPS) is 10.3. The molecule has 0 spiro atoms. The van der Waals surface area contributed by atoms with E-state index in [1.54, 1.807) is 37.3 Å². The maximum absolute atomic E-state index is 11.0. The third kappa shape index (κ3) is 3.40. The van der Waals surface area contributed by atoms with Crippen LogP contribution >= 0.6 is 23.2 Å². The van der Waals surface area contributed by atoms with Crippen LogP contribution < -0.4 is 4.74 Å². The average Bonchev–Trinajstić information content (AvgIpc) is 2.41. The summed E-state index contributed by atoms with van der Waals surface area (Å²) < 4.78 is 5.49. The molecule has 0 saturated heterocycles. The number of benzene rings is 2. The number of hydrogen-bond donors (Lipinski definition) is 0. The number of nitro benzene ring substituents is 1. The summed E-state index contributed by atoms with van der Waals surface area (Å²) in [6.45, 7) is 1.97. The molecule has 2 rings (SSSR count). The third-order valence-corrected chi connectivity index (χ3v) is 3.43. The predicted octanol–water partition coefficient (Wildman–Crippen LogP) is 4.79. The van der Waals surface area contributed by atoms with Crippen molar-refractivity contribution in [1.82, 2.24) is 0 Å². The Morgan fingerprint density at radius 1 is 1.15 bits per heavy atom. The highest BCUT2D eigenvalue weighted by Crippen LogP contribution is 2.29. The number of nitro groups is 1. The lowest BCUT2D eigenvalue weighted by Gasteiger charge is -2.08. The molecule has 0 aliphatic rings. The Bertz CT molecular complexity index is 659. The van der Waals surface area contributed by atoms with Crippen molar-refractivity contribution >= 4 is 28.9 Å². The number of rotatable bonds is 4. The molecule has 0 aromatic heterocycles. The first-order chi connectivity index (χ1) is 9.47. The van der Waals surface area contributed by atoms with Crippen LogP contribution in [0.3, 0.4) is 0 Å². The second kappa shape index (κ2) is 6.11. The van der Waals surface area contributed by atoms with Gasteiger partial charge in [-0.1, -0.05) is 35.3 Å². The van der Waals surface area contributed by atoms with E-state index in [1.165, 1.54) is 6.07 Å². The zero-order chi connectivity index (χ0) is 14.7. The summed E-state index contributed by atoms with van der Waals surface area (Å²) in [5.74, 6) is 0.228. The fourth-order valence-electron chi connectivity index (χ4n) is 1.68. The monoisotopic (exact) mass is 311 g/mol. The molecular weight excluding hydrogens is 301 g/mol. The van der Waals surface area contributed by atoms with E-state index in [-0.39, 0.29) is 18.0 Å². The molecule has 0 unspecified atom stereocenters. The summed E-state index contributed by atoms with van der Waals surface area (Å²) in [6, 6.07) is 9.91. The van der Waals surface area contributed by atoms with E-state index in [0.717, 1.165) is 11.1 Å². The number of nitrogens with zero attached hydrogens (tertiary/aromatic N) is 1. The molecule has 2 aromatic carbocycles. The fourth-order valence-corrected chi connectivity index (χ4v) is 2.00. The van der Waals surface area contributed by atoms with Crippen LogP contribution in [0.2, 0.25) is 10.0 Å². The quantitative estimate of drug-likeness (QED) is 0.602. The topological polar surface area (TPSA) is 52.4 Å². The zero-order valence-electron chi connectivity index (χ0n) is 10.6. The van der Waals surface area contributed by atoms with E-state index < -0.39 is 4.92 Å². The molecule has 2 aromatic rings. The smallest absolute Gasteiger partial charge is 0.311 e. The minimum Gasteiger partial charge on any atom is -0.482 e. The summed E-state index contributed by atoms with van der Waals surface area (Å²) in [5, 5.41) is 11.8. The van der Waals surface area contributed by atoms with Crippen molar-refractivity contribution in [3.63, 3.8) is 0 Å². The Kier molecular flexibility index (Phi) is 4.47. The molecule has 0 amide bonds. The van der Waals surface area contributed by atoms with Gasteiger partial charge in [-0.25, -0.2) is 0 Å². The average molecular weight is 312 g/mol. The maximum Gasteiger partial charge on any atom is 0.311 e. The summed E-state index contributed by atoms with van der Waals surface area (Å²) in [6.07, 6.45) is 0. The molecule has 104 valence electrons. The van der Waals surface area contributed by atoms with Gasteiger partial charge in [0.1, 0.15) is 6.61 Å². The first-order valence-electron chi connectivity index (χ1n) is 5.79. The first-order valence-corrected chi connectivity index (χ1v) is 6.55. The van der Waals surface area contributed by atoms with Crippen molar-refractivity contribution in [2.24, 2.45) is 0 Å². The molecule has 4 nitrogen and oxygen atoms in total. The van der Waals surface area contributed by atoms with E-state index in [4.69, 9.17) is 27.9 Å². The van der Waals surface area contributed by atoms with Gasteiger partial charge in [0.2, 0.25) is 0 Å². The molecule has 0 heterocycles. The van der Waals surface area contributed by atoms with Gasteiger partial charge in [0.05, 0.1) is 15.0 Å². The van der Waals surface area contributed by atoms with Crippen molar-refractivity contribution < 1.29 is 9.66 Å². The number of aryl methyl sites for hydroxylation is 1. The standard InChI is InChI=1S/C14H11Cl2NO3/c1-9-2-5-14(13(6-9)17(18)19)20-8-10-3-4-11(15)12(16)7-10/h2-7H,8H2,1H3. The molecule has 0 fully saturated rings. The minimum atomic E-state index is -0.461. The highest BCUT2D eigenvalue weighted by Gasteiger charge is 2.15. The van der Waals surface area contributed by atoms with Crippen LogP contribution in [0.5, 0.6) is 5.75 Å². The summed E-state index contributed by atoms with van der Waals surface area (Å²) in [5.41, 5.74) is 1.54. The van der Waals surface area contributed by atoms with Crippen LogP contribution in [-0.2, 0) is 6.61 Å². The van der Waals surface area contributed by atoms with E-state index in [0.29, 0.717) is 10.0 Å². The lowest BCUT2D eigenvalue weighted by atomic mass is 10.2. The van der Waals surface area contributed by atoms with Gasteiger partial charge in [0, 0.05) is 6.07 Å². The highest BCUT2D eigenvalue weighted by molar-refractivity contribution is 6.42. The minimum absolute atomic E-state index is 0.0509. The highest BCUT2D eigenvalue weighted by atomic mass is 35.5. The summed E-state index contributed by atoms with van der Waals surface area (Å²) in [7, 11) is 0. The van der Waals surface area contributed by atoms with Crippen LogP contribution in [-0.4, -0.2) is 4.92 Å². The summed E-state index contributed by atoms with van der Waals surface area (Å²) >= 11 is 11.7. The molecule has 0 N–H and O–H groups in total. The molecule has 0 bridgehead atoms. The van der Waals surface area contributed by atoms with Crippen molar-refractivity contribution in [3.05, 3.63) is 67.7 Å². The molecule has 0 saturated carbocycles. The summed E-state index contributed by atoms with van der Waals surface area (Å²) in [4.78, 5) is 10.5. The van der Waals surface area contributed by atoms with Crippen molar-refractivity contribution in [1.29, 1.82) is 0 Å². The molecule has 0 aliphatic heterocycles. The lowest BCUT2D eigenvalue weighted by molar-refractivity contribution is -0.386. The second-order valence-electron chi connectivity index (χ2n) is 4.27. The fraction of sp³-hybridized carbons (Fsp3) is 0.143. The Labute approximate surface area is 126 Å². The maximum atomic E-state index is 11.0. The van der Waals surface area contributed by atoms with Gasteiger partial charge in [-0.05, 0) is 36.2 Å². The van der Waals surface area contributed by atoms with Gasteiger partial charge in [0.25, 0.3) is 0 Å². The Balaban J connectivity index is 2.18. The van der Waals surface area contributed by atoms with Crippen LogP contribution in [0.4, 0.5) is 5.69 Å². The first kappa shape index (κ1) is 14.6. The van der Waals surface area contributed by atoms with E-state index in [2.05, 4.69) is 0 Å². The Hall–Kier alpha value is -1.78. The zero-order valence-corrected chi connectivity index (χ0v) is 12.1. The Morgan fingerprint density at radius 2 is 1.90 bits per heavy atom. The molecule has 20 heavy (non-hydrogen) atoms. The van der Waals surface area contributed by atoms with Gasteiger partial charge >= 0.3 is 5.69 Å². The SMILES string of the molecule is Cc1ccc(OCc2ccc(Cl)c(Cl)c2)c([N+](=O)[O-])c1. The largest absolute Gasteiger partial charge is 0.482 e. The number of ether oxygens (including phenoxy) is 1. The van der Waals surface area contributed by atoms with E-state index >= 15 is 0 Å². The predicted molar refractivity (Wildman–Crippen MR) is 78.6 cm³/mol. The van der Waals surface area contributed by atoms with Crippen molar-refractivity contribution in [2.75, 3.05) is 0 Å². The van der Waals surface area contributed by atoms with Crippen LogP contribution in [0, 0.1) is 17.0 Å². The molecule has 6 heteroatoms. The van der Waals surface area contributed by atoms with E-state index in [9.17, 15) is 10.1 Å². The van der Waals surface area contributed by atoms with Gasteiger partial charge < -0.3 is 4.74 Å². The Morgan fingerprint density at radius 3 is 2.55 bits per heavy atom. The molecule has 0 radical (unpaired) electrons. The van der Waals surface area contributed by atoms with Crippen molar-refractivity contribution in [2.45, 2.75) is 13.5 Å². The van der Waals surface area contributed by atoms with Gasteiger partial charge in [-0.3, -0.25) is 10.1 Å². The third-order valence-electron chi connectivity index (χ3n) is 2.69. The molecule has 0 aliphatic carbocycles. The van der Waals surface area contributed by atoms with Crippen LogP contribution in [0.1, 0.15) is 11.1 Å². The van der Waals surface area contributed by atoms with Crippen LogP contribution in [0.25, 0.3) is 0 Å². The van der Waals surface area contributed by atoms with Crippen LogP contribution in [0.15, 0.2) is 36.4 Å². The molecule has 0 atom stereocenters. The molecular formula is C14H11Cl2NO3. The van der Waals surface area contributed by atoms with Crippen molar-refractivity contribution in [3.8, 4) is 5.75 Å². The van der Waals surface area contributed by atoms with Gasteiger partial charge in [0.15, 0.2) is 5.75 Å². The lowest BCUT2D eigenvalue weighted by Crippen LogP contribution is -1.99. The number of halogens is 2. The van der Waals surface area contributed by atoms with E-state index in [1.807, 2.05) is 0 Å². The van der Waals surface area contributed by atoms with Gasteiger partial charge in [-0.15, -0.1) is 0 Å².